The van der Waals surface area contributed by atoms with Crippen LogP contribution in [0.2, 0.25) is 19.6 Å². The van der Waals surface area contributed by atoms with Crippen molar-refractivity contribution in [2.45, 2.75) is 19.6 Å². The molecule has 3 aromatic carbocycles. The minimum Gasteiger partial charge on any atom is -0.490 e. The van der Waals surface area contributed by atoms with Crippen LogP contribution in [0.4, 0.5) is 0 Å². The summed E-state index contributed by atoms with van der Waals surface area (Å²) < 4.78 is 17.7. The van der Waals surface area contributed by atoms with Crippen LogP contribution in [-0.4, -0.2) is 15.4 Å². The van der Waals surface area contributed by atoms with E-state index < -0.39 is 15.4 Å². The molecule has 3 nitrogen and oxygen atoms in total. The van der Waals surface area contributed by atoms with Gasteiger partial charge in [0.05, 0.1) is 8.07 Å². The maximum atomic E-state index is 5.96. The molecule has 0 aliphatic rings. The molecule has 0 fully saturated rings. The molecule has 0 saturated heterocycles. The Morgan fingerprint density at radius 3 is 1.31 bits per heavy atom. The van der Waals surface area contributed by atoms with Gasteiger partial charge in [-0.25, -0.2) is 0 Å². The summed E-state index contributed by atoms with van der Waals surface area (Å²) in [7, 11) is -2.21. The molecule has 0 aromatic heterocycles. The maximum absolute atomic E-state index is 5.96. The molecule has 0 spiro atoms. The molecule has 0 unspecified atom stereocenters. The predicted molar refractivity (Wildman–Crippen MR) is 110 cm³/mol. The highest BCUT2D eigenvalue weighted by molar-refractivity contribution is 6.88. The predicted octanol–water partition coefficient (Wildman–Crippen LogP) is 4.75. The maximum Gasteiger partial charge on any atom is 0.864 e. The van der Waals surface area contributed by atoms with Crippen LogP contribution >= 0.6 is 0 Å². The van der Waals surface area contributed by atoms with Gasteiger partial charge in [-0.2, -0.15) is 0 Å². The highest BCUT2D eigenvalue weighted by Crippen LogP contribution is 2.18. The number of para-hydroxylation sites is 2. The molecule has 0 aliphatic carbocycles. The van der Waals surface area contributed by atoms with Crippen molar-refractivity contribution in [1.82, 2.24) is 0 Å². The summed E-state index contributed by atoms with van der Waals surface area (Å²) in [5.41, 5.74) is 0. The molecule has 0 aliphatic heterocycles. The molecule has 3 rings (SSSR count). The summed E-state index contributed by atoms with van der Waals surface area (Å²) >= 11 is 0. The van der Waals surface area contributed by atoms with Gasteiger partial charge in [-0.05, 0) is 36.4 Å². The van der Waals surface area contributed by atoms with E-state index in [2.05, 4.69) is 31.8 Å². The van der Waals surface area contributed by atoms with Crippen molar-refractivity contribution in [3.05, 3.63) is 84.9 Å². The molecular weight excluding hydrogens is 339 g/mol. The second kappa shape index (κ2) is 8.15. The van der Waals surface area contributed by atoms with Gasteiger partial charge in [0.2, 0.25) is 0 Å². The van der Waals surface area contributed by atoms with E-state index in [1.807, 2.05) is 72.8 Å². The van der Waals surface area contributed by atoms with Crippen LogP contribution < -0.4 is 19.1 Å². The van der Waals surface area contributed by atoms with E-state index >= 15 is 0 Å². The van der Waals surface area contributed by atoms with Gasteiger partial charge in [0.1, 0.15) is 17.2 Å². The first-order valence-corrected chi connectivity index (χ1v) is 12.2. The minimum atomic E-state index is -1.34. The van der Waals surface area contributed by atoms with Crippen molar-refractivity contribution in [2.24, 2.45) is 0 Å². The summed E-state index contributed by atoms with van der Waals surface area (Å²) in [6.07, 6.45) is 0. The Morgan fingerprint density at radius 2 is 0.923 bits per heavy atom. The van der Waals surface area contributed by atoms with Gasteiger partial charge in [0.25, 0.3) is 0 Å². The Morgan fingerprint density at radius 1 is 0.538 bits per heavy atom. The summed E-state index contributed by atoms with van der Waals surface area (Å²) in [6, 6.07) is 27.2. The average Bonchev–Trinajstić information content (AvgIpc) is 2.63. The van der Waals surface area contributed by atoms with Gasteiger partial charge in [-0.15, -0.1) is 0 Å². The molecule has 0 heterocycles. The second-order valence-corrected chi connectivity index (χ2v) is 12.1. The van der Waals surface area contributed by atoms with Crippen LogP contribution in [0.3, 0.4) is 0 Å². The van der Waals surface area contributed by atoms with Gasteiger partial charge in [0.15, 0.2) is 0 Å². The first-order chi connectivity index (χ1) is 12.5. The lowest BCUT2D eigenvalue weighted by molar-refractivity contribution is 0.307. The fraction of sp³-hybridized carbons (Fsp3) is 0.143. The van der Waals surface area contributed by atoms with Crippen LogP contribution in [0, 0.1) is 0 Å². The molecule has 0 bridgehead atoms. The van der Waals surface area contributed by atoms with Crippen molar-refractivity contribution in [3.8, 4) is 17.2 Å². The third-order valence-electron chi connectivity index (χ3n) is 3.90. The largest absolute Gasteiger partial charge is 0.864 e. The fourth-order valence-electron chi connectivity index (χ4n) is 2.44. The summed E-state index contributed by atoms with van der Waals surface area (Å²) in [5.74, 6) is 2.09. The Balaban J connectivity index is 1.76. The lowest BCUT2D eigenvalue weighted by Crippen LogP contribution is -2.38. The van der Waals surface area contributed by atoms with E-state index in [0.29, 0.717) is 17.2 Å². The highest BCUT2D eigenvalue weighted by atomic mass is 28.3. The number of rotatable bonds is 7. The Labute approximate surface area is 156 Å². The van der Waals surface area contributed by atoms with Crippen LogP contribution in [0.25, 0.3) is 0 Å². The van der Waals surface area contributed by atoms with Crippen molar-refractivity contribution >= 4 is 20.6 Å². The van der Waals surface area contributed by atoms with E-state index in [4.69, 9.17) is 14.0 Å². The lowest BCUT2D eigenvalue weighted by Gasteiger charge is -2.19. The zero-order chi connectivity index (χ0) is 18.4. The van der Waals surface area contributed by atoms with Crippen molar-refractivity contribution < 1.29 is 14.0 Å². The Hall–Kier alpha value is -2.66. The second-order valence-electron chi connectivity index (χ2n) is 7.04. The van der Waals surface area contributed by atoms with Gasteiger partial charge < -0.3 is 14.0 Å². The molecule has 5 heteroatoms. The van der Waals surface area contributed by atoms with E-state index in [-0.39, 0.29) is 0 Å². The highest BCUT2D eigenvalue weighted by Gasteiger charge is 2.30. The number of hydrogen-bond acceptors (Lipinski definition) is 3. The van der Waals surface area contributed by atoms with Gasteiger partial charge in [0, 0.05) is 0 Å². The monoisotopic (exact) mass is 362 g/mol. The SMILES string of the molecule is C[Si](C)(C)c1ccc(OB(Oc2ccccc2)Oc2ccccc2)cc1. The topological polar surface area (TPSA) is 27.7 Å². The van der Waals surface area contributed by atoms with E-state index in [0.717, 1.165) is 0 Å². The van der Waals surface area contributed by atoms with Gasteiger partial charge in [-0.1, -0.05) is 73.4 Å². The smallest absolute Gasteiger partial charge is 0.490 e. The molecule has 132 valence electrons. The van der Waals surface area contributed by atoms with Crippen molar-refractivity contribution in [3.63, 3.8) is 0 Å². The summed E-state index contributed by atoms with van der Waals surface area (Å²) in [4.78, 5) is 0. The third kappa shape index (κ3) is 5.17. The zero-order valence-electron chi connectivity index (χ0n) is 15.4. The lowest BCUT2D eigenvalue weighted by atomic mass is 10.2. The quantitative estimate of drug-likeness (QED) is 0.568. The molecule has 0 saturated carbocycles. The molecular formula is C21H23BO3Si. The van der Waals surface area contributed by atoms with Gasteiger partial charge in [-0.3, -0.25) is 0 Å². The van der Waals surface area contributed by atoms with E-state index in [9.17, 15) is 0 Å². The fourth-order valence-corrected chi connectivity index (χ4v) is 3.60. The first-order valence-electron chi connectivity index (χ1n) is 8.71. The molecule has 0 atom stereocenters. The molecule has 0 radical (unpaired) electrons. The molecule has 3 aromatic rings. The van der Waals surface area contributed by atoms with Crippen molar-refractivity contribution in [1.29, 1.82) is 0 Å². The Bertz CT molecular complexity index is 761. The van der Waals surface area contributed by atoms with Crippen molar-refractivity contribution in [2.75, 3.05) is 0 Å². The summed E-state index contributed by atoms with van der Waals surface area (Å²) in [6.45, 7) is 6.97. The molecule has 26 heavy (non-hydrogen) atoms. The van der Waals surface area contributed by atoms with E-state index in [1.165, 1.54) is 5.19 Å². The minimum absolute atomic E-state index is 0.687. The zero-order valence-corrected chi connectivity index (χ0v) is 16.4. The molecule has 0 amide bonds. The van der Waals surface area contributed by atoms with Crippen LogP contribution in [0.15, 0.2) is 84.9 Å². The first kappa shape index (κ1) is 18.1. The number of benzene rings is 3. The normalized spacial score (nSPS) is 10.9. The third-order valence-corrected chi connectivity index (χ3v) is 5.97. The van der Waals surface area contributed by atoms with Gasteiger partial charge >= 0.3 is 7.32 Å². The van der Waals surface area contributed by atoms with Crippen LogP contribution in [0.1, 0.15) is 0 Å². The molecule has 0 N–H and O–H groups in total. The standard InChI is InChI=1S/C21H23BO3Si/c1-26(2,3)21-16-14-20(15-17-21)25-22(23-18-10-6-4-7-11-18)24-19-12-8-5-9-13-19/h4-17H,1-3H3. The number of hydrogen-bond donors (Lipinski definition) is 0. The van der Waals surface area contributed by atoms with Crippen LogP contribution in [-0.2, 0) is 0 Å². The van der Waals surface area contributed by atoms with E-state index in [1.54, 1.807) is 0 Å². The summed E-state index contributed by atoms with van der Waals surface area (Å²) in [5, 5.41) is 1.38. The van der Waals surface area contributed by atoms with Crippen LogP contribution in [0.5, 0.6) is 17.2 Å². The Kier molecular flexibility index (Phi) is 5.68. The average molecular weight is 362 g/mol.